The van der Waals surface area contributed by atoms with E-state index >= 15 is 0 Å². The molecule has 0 radical (unpaired) electrons. The van der Waals surface area contributed by atoms with Crippen LogP contribution < -0.4 is 17.2 Å². The van der Waals surface area contributed by atoms with Crippen molar-refractivity contribution in [2.75, 3.05) is 13.1 Å². The standard InChI is InChI=1S/C14H20N4O2.C8H8O2/c15-11(10-3-1-2-4-13(10)20)7-12(14(16)17)18-6-5-9(19)8-18;1-6-3-2-4-7(5-6)8(9)10/h1-4,7,9,19-20H,5-6,8,15-17H2;2-5H,1H3,(H,9,10)/b11-7-;. The molecule has 30 heavy (non-hydrogen) atoms. The molecule has 1 aliphatic rings. The molecule has 0 spiro atoms. The molecule has 0 amide bonds. The molecule has 0 aliphatic carbocycles. The van der Waals surface area contributed by atoms with Crippen molar-refractivity contribution in [2.24, 2.45) is 17.2 Å². The molecule has 9 N–H and O–H groups in total. The van der Waals surface area contributed by atoms with E-state index in [0.29, 0.717) is 42.0 Å². The van der Waals surface area contributed by atoms with Crippen molar-refractivity contribution in [3.05, 3.63) is 82.8 Å². The first-order valence-electron chi connectivity index (χ1n) is 9.42. The van der Waals surface area contributed by atoms with E-state index < -0.39 is 5.97 Å². The zero-order valence-electron chi connectivity index (χ0n) is 16.8. The summed E-state index contributed by atoms with van der Waals surface area (Å²) in [6.07, 6.45) is 1.91. The quantitative estimate of drug-likeness (QED) is 0.412. The lowest BCUT2D eigenvalue weighted by Crippen LogP contribution is -2.27. The number of phenolic OH excluding ortho intramolecular Hbond substituents is 1. The lowest BCUT2D eigenvalue weighted by atomic mass is 10.1. The van der Waals surface area contributed by atoms with Crippen LogP contribution in [0.1, 0.15) is 27.9 Å². The van der Waals surface area contributed by atoms with Crippen LogP contribution in [-0.2, 0) is 0 Å². The second-order valence-corrected chi connectivity index (χ2v) is 7.02. The number of aromatic hydroxyl groups is 1. The fraction of sp³-hybridized carbons (Fsp3) is 0.227. The highest BCUT2D eigenvalue weighted by atomic mass is 16.4. The number of nitrogens with zero attached hydrogens (tertiary/aromatic N) is 1. The van der Waals surface area contributed by atoms with Gasteiger partial charge in [0.05, 0.1) is 17.4 Å². The number of carbonyl (C=O) groups is 1. The summed E-state index contributed by atoms with van der Waals surface area (Å²) in [5.41, 5.74) is 20.2. The maximum atomic E-state index is 10.4. The maximum absolute atomic E-state index is 10.4. The molecule has 1 fully saturated rings. The molecule has 2 aromatic rings. The van der Waals surface area contributed by atoms with Gasteiger partial charge in [-0.3, -0.25) is 0 Å². The van der Waals surface area contributed by atoms with Gasteiger partial charge in [0.15, 0.2) is 0 Å². The molecule has 1 unspecified atom stereocenters. The zero-order valence-corrected chi connectivity index (χ0v) is 16.8. The number of benzene rings is 2. The number of carboxylic acid groups (broad SMARTS) is 1. The number of β-amino-alcohol motifs (C(OH)–C–C–N with tert-alkyl or cyclic N) is 1. The summed E-state index contributed by atoms with van der Waals surface area (Å²) in [5.74, 6) is -0.640. The molecule has 1 heterocycles. The van der Waals surface area contributed by atoms with Crippen LogP contribution in [0.4, 0.5) is 0 Å². The van der Waals surface area contributed by atoms with Gasteiger partial charge < -0.3 is 37.4 Å². The molecule has 1 aliphatic heterocycles. The Morgan fingerprint density at radius 2 is 1.83 bits per heavy atom. The van der Waals surface area contributed by atoms with E-state index in [4.69, 9.17) is 22.3 Å². The third-order valence-electron chi connectivity index (χ3n) is 4.57. The normalized spacial score (nSPS) is 15.9. The Bertz CT molecular complexity index is 952. The average Bonchev–Trinajstić information content (AvgIpc) is 3.12. The number of hydrogen-bond donors (Lipinski definition) is 6. The Hall–Kier alpha value is -3.65. The summed E-state index contributed by atoms with van der Waals surface area (Å²) in [5, 5.41) is 27.9. The van der Waals surface area contributed by atoms with Gasteiger partial charge in [0.1, 0.15) is 11.6 Å². The van der Waals surface area contributed by atoms with Crippen molar-refractivity contribution in [1.29, 1.82) is 0 Å². The fourth-order valence-corrected chi connectivity index (χ4v) is 3.04. The Morgan fingerprint density at radius 1 is 1.13 bits per heavy atom. The average molecular weight is 412 g/mol. The van der Waals surface area contributed by atoms with Crippen molar-refractivity contribution in [3.63, 3.8) is 0 Å². The van der Waals surface area contributed by atoms with E-state index in [9.17, 15) is 15.0 Å². The summed E-state index contributed by atoms with van der Waals surface area (Å²) < 4.78 is 0. The van der Waals surface area contributed by atoms with Gasteiger partial charge >= 0.3 is 5.97 Å². The predicted molar refractivity (Wildman–Crippen MR) is 116 cm³/mol. The molecule has 160 valence electrons. The van der Waals surface area contributed by atoms with E-state index in [1.165, 1.54) is 0 Å². The van der Waals surface area contributed by atoms with Crippen LogP contribution in [0.3, 0.4) is 0 Å². The van der Waals surface area contributed by atoms with Crippen LogP contribution in [-0.4, -0.2) is 45.4 Å². The number of rotatable bonds is 4. The Morgan fingerprint density at radius 3 is 2.33 bits per heavy atom. The number of aryl methyl sites for hydroxylation is 1. The minimum Gasteiger partial charge on any atom is -0.507 e. The lowest BCUT2D eigenvalue weighted by Gasteiger charge is -2.20. The van der Waals surface area contributed by atoms with Crippen molar-refractivity contribution in [3.8, 4) is 5.75 Å². The summed E-state index contributed by atoms with van der Waals surface area (Å²) in [6, 6.07) is 13.6. The largest absolute Gasteiger partial charge is 0.507 e. The third kappa shape index (κ3) is 6.18. The van der Waals surface area contributed by atoms with Gasteiger partial charge in [-0.25, -0.2) is 4.79 Å². The molecule has 1 atom stereocenters. The lowest BCUT2D eigenvalue weighted by molar-refractivity contribution is 0.0696. The molecule has 0 aromatic heterocycles. The van der Waals surface area contributed by atoms with Crippen LogP contribution in [0.15, 0.2) is 66.1 Å². The second kappa shape index (κ2) is 10.2. The molecule has 3 rings (SSSR count). The highest BCUT2D eigenvalue weighted by Crippen LogP contribution is 2.24. The van der Waals surface area contributed by atoms with E-state index in [-0.39, 0.29) is 17.7 Å². The number of hydrogen-bond acceptors (Lipinski definition) is 7. The van der Waals surface area contributed by atoms with E-state index in [2.05, 4.69) is 0 Å². The summed E-state index contributed by atoms with van der Waals surface area (Å²) >= 11 is 0. The van der Waals surface area contributed by atoms with Crippen LogP contribution in [0, 0.1) is 6.92 Å². The highest BCUT2D eigenvalue weighted by Gasteiger charge is 2.22. The fourth-order valence-electron chi connectivity index (χ4n) is 3.04. The Balaban J connectivity index is 0.000000269. The molecular weight excluding hydrogens is 384 g/mol. The number of likely N-dealkylation sites (tertiary alicyclic amines) is 1. The van der Waals surface area contributed by atoms with Crippen LogP contribution in [0.25, 0.3) is 5.70 Å². The van der Waals surface area contributed by atoms with Crippen LogP contribution in [0.2, 0.25) is 0 Å². The topological polar surface area (TPSA) is 159 Å². The van der Waals surface area contributed by atoms with Gasteiger partial charge in [-0.2, -0.15) is 0 Å². The van der Waals surface area contributed by atoms with E-state index in [1.54, 1.807) is 48.5 Å². The van der Waals surface area contributed by atoms with Crippen molar-refractivity contribution in [1.82, 2.24) is 4.90 Å². The smallest absolute Gasteiger partial charge is 0.335 e. The number of aliphatic hydroxyl groups excluding tert-OH is 1. The molecule has 1 saturated heterocycles. The molecule has 0 bridgehead atoms. The van der Waals surface area contributed by atoms with Crippen molar-refractivity contribution < 1.29 is 20.1 Å². The van der Waals surface area contributed by atoms with Crippen molar-refractivity contribution >= 4 is 11.7 Å². The van der Waals surface area contributed by atoms with Crippen LogP contribution >= 0.6 is 0 Å². The van der Waals surface area contributed by atoms with E-state index in [0.717, 1.165) is 5.56 Å². The van der Waals surface area contributed by atoms with Gasteiger partial charge in [0, 0.05) is 24.4 Å². The SMILES string of the molecule is Cc1cccc(C(=O)O)c1.NC(N)=C(/C=C(\N)c1ccccc1O)N1CCC(O)C1. The third-order valence-corrected chi connectivity index (χ3v) is 4.57. The zero-order chi connectivity index (χ0) is 22.3. The Kier molecular flexibility index (Phi) is 7.71. The van der Waals surface area contributed by atoms with Crippen molar-refractivity contribution in [2.45, 2.75) is 19.4 Å². The first kappa shape index (κ1) is 22.6. The number of aromatic carboxylic acids is 1. The number of phenols is 1. The minimum atomic E-state index is -0.872. The molecule has 8 heteroatoms. The number of carboxylic acids is 1. The summed E-state index contributed by atoms with van der Waals surface area (Å²) in [7, 11) is 0. The molecule has 0 saturated carbocycles. The number of allylic oxidation sites excluding steroid dienone is 1. The minimum absolute atomic E-state index is 0.0950. The summed E-state index contributed by atoms with van der Waals surface area (Å²) in [4.78, 5) is 12.2. The first-order chi connectivity index (χ1) is 14.2. The van der Waals surface area contributed by atoms with Crippen LogP contribution in [0.5, 0.6) is 5.75 Å². The Labute approximate surface area is 175 Å². The number of aliphatic hydroxyl groups is 1. The van der Waals surface area contributed by atoms with E-state index in [1.807, 2.05) is 17.9 Å². The van der Waals surface area contributed by atoms with Gasteiger partial charge in [0.25, 0.3) is 0 Å². The number of para-hydroxylation sites is 1. The molecular formula is C22H28N4O4. The highest BCUT2D eigenvalue weighted by molar-refractivity contribution is 5.87. The first-order valence-corrected chi connectivity index (χ1v) is 9.42. The maximum Gasteiger partial charge on any atom is 0.335 e. The molecule has 8 nitrogen and oxygen atoms in total. The monoisotopic (exact) mass is 412 g/mol. The van der Waals surface area contributed by atoms with Gasteiger partial charge in [-0.15, -0.1) is 0 Å². The second-order valence-electron chi connectivity index (χ2n) is 7.02. The predicted octanol–water partition coefficient (Wildman–Crippen LogP) is 1.54. The van der Waals surface area contributed by atoms with Gasteiger partial charge in [0.2, 0.25) is 0 Å². The summed E-state index contributed by atoms with van der Waals surface area (Å²) in [6.45, 7) is 3.00. The van der Waals surface area contributed by atoms with Gasteiger partial charge in [-0.05, 0) is 43.7 Å². The van der Waals surface area contributed by atoms with Gasteiger partial charge in [-0.1, -0.05) is 29.8 Å². The number of nitrogens with two attached hydrogens (primary N) is 3. The molecule has 2 aromatic carbocycles.